The monoisotopic (exact) mass is 300 g/mol. The number of fused-ring (bicyclic) bond motifs is 1. The molecule has 1 aliphatic heterocycles. The Morgan fingerprint density at radius 2 is 2.36 bits per heavy atom. The van der Waals surface area contributed by atoms with Crippen LogP contribution in [-0.4, -0.2) is 22.6 Å². The van der Waals surface area contributed by atoms with Crippen molar-refractivity contribution >= 4 is 5.91 Å². The Hall–Kier alpha value is -2.21. The van der Waals surface area contributed by atoms with Crippen molar-refractivity contribution in [1.82, 2.24) is 20.8 Å². The SMILES string of the molecule is CCc1cc(C(=O)NCc2c(C)ncc3c2CCNC3)no1. The summed E-state index contributed by atoms with van der Waals surface area (Å²) < 4.78 is 5.07. The molecule has 0 spiro atoms. The zero-order valence-corrected chi connectivity index (χ0v) is 12.9. The first-order chi connectivity index (χ1) is 10.7. The summed E-state index contributed by atoms with van der Waals surface area (Å²) >= 11 is 0. The van der Waals surface area contributed by atoms with E-state index in [0.29, 0.717) is 18.0 Å². The van der Waals surface area contributed by atoms with Gasteiger partial charge in [-0.2, -0.15) is 0 Å². The second-order valence-corrected chi connectivity index (χ2v) is 5.47. The molecule has 0 bridgehead atoms. The summed E-state index contributed by atoms with van der Waals surface area (Å²) in [6, 6.07) is 1.69. The smallest absolute Gasteiger partial charge is 0.273 e. The second kappa shape index (κ2) is 6.27. The minimum Gasteiger partial charge on any atom is -0.361 e. The Bertz CT molecular complexity index is 693. The highest BCUT2D eigenvalue weighted by molar-refractivity contribution is 5.92. The van der Waals surface area contributed by atoms with E-state index in [1.54, 1.807) is 6.07 Å². The summed E-state index contributed by atoms with van der Waals surface area (Å²) in [5, 5.41) is 10.1. The fourth-order valence-electron chi connectivity index (χ4n) is 2.72. The molecule has 3 rings (SSSR count). The molecule has 0 atom stereocenters. The lowest BCUT2D eigenvalue weighted by Crippen LogP contribution is -2.29. The van der Waals surface area contributed by atoms with Gasteiger partial charge in [-0.05, 0) is 36.6 Å². The van der Waals surface area contributed by atoms with Crippen molar-refractivity contribution in [2.75, 3.05) is 6.54 Å². The molecule has 0 radical (unpaired) electrons. The number of amides is 1. The minimum absolute atomic E-state index is 0.214. The topological polar surface area (TPSA) is 80.0 Å². The van der Waals surface area contributed by atoms with Gasteiger partial charge in [-0.15, -0.1) is 0 Å². The van der Waals surface area contributed by atoms with Gasteiger partial charge in [-0.25, -0.2) is 0 Å². The van der Waals surface area contributed by atoms with Gasteiger partial charge >= 0.3 is 0 Å². The van der Waals surface area contributed by atoms with Crippen molar-refractivity contribution < 1.29 is 9.32 Å². The quantitative estimate of drug-likeness (QED) is 0.895. The van der Waals surface area contributed by atoms with Crippen molar-refractivity contribution in [3.63, 3.8) is 0 Å². The third-order valence-corrected chi connectivity index (χ3v) is 4.04. The number of carbonyl (C=O) groups excluding carboxylic acids is 1. The Balaban J connectivity index is 1.75. The van der Waals surface area contributed by atoms with E-state index in [1.807, 2.05) is 20.0 Å². The number of nitrogens with one attached hydrogen (secondary N) is 2. The molecule has 1 amide bonds. The number of carbonyl (C=O) groups is 1. The number of hydrogen-bond acceptors (Lipinski definition) is 5. The van der Waals surface area contributed by atoms with E-state index in [0.717, 1.165) is 37.2 Å². The van der Waals surface area contributed by atoms with Crippen LogP contribution in [0.3, 0.4) is 0 Å². The van der Waals surface area contributed by atoms with Crippen LogP contribution in [0.4, 0.5) is 0 Å². The lowest BCUT2D eigenvalue weighted by molar-refractivity contribution is 0.0941. The standard InChI is InChI=1S/C16H20N4O2/c1-3-12-6-15(20-22-12)16(21)19-9-14-10(2)18-8-11-7-17-5-4-13(11)14/h6,8,17H,3-5,7,9H2,1-2H3,(H,19,21). The zero-order valence-electron chi connectivity index (χ0n) is 12.9. The maximum absolute atomic E-state index is 12.2. The van der Waals surface area contributed by atoms with Crippen molar-refractivity contribution in [1.29, 1.82) is 0 Å². The summed E-state index contributed by atoms with van der Waals surface area (Å²) in [5.41, 5.74) is 4.94. The summed E-state index contributed by atoms with van der Waals surface area (Å²) in [6.07, 6.45) is 3.61. The fourth-order valence-corrected chi connectivity index (χ4v) is 2.72. The normalized spacial score (nSPS) is 13.7. The van der Waals surface area contributed by atoms with E-state index in [-0.39, 0.29) is 5.91 Å². The average Bonchev–Trinajstić information content (AvgIpc) is 3.03. The highest BCUT2D eigenvalue weighted by Crippen LogP contribution is 2.20. The first-order valence-electron chi connectivity index (χ1n) is 7.59. The Labute approximate surface area is 129 Å². The molecule has 1 aliphatic rings. The van der Waals surface area contributed by atoms with Crippen LogP contribution in [0.15, 0.2) is 16.8 Å². The maximum atomic E-state index is 12.2. The number of aryl methyl sites for hydroxylation is 2. The third-order valence-electron chi connectivity index (χ3n) is 4.04. The molecule has 2 N–H and O–H groups in total. The number of pyridine rings is 1. The van der Waals surface area contributed by atoms with Crippen LogP contribution in [0.25, 0.3) is 0 Å². The molecule has 3 heterocycles. The zero-order chi connectivity index (χ0) is 15.5. The minimum atomic E-state index is -0.214. The van der Waals surface area contributed by atoms with Gasteiger partial charge in [-0.3, -0.25) is 9.78 Å². The Morgan fingerprint density at radius 1 is 1.50 bits per heavy atom. The van der Waals surface area contributed by atoms with Crippen molar-refractivity contribution in [2.24, 2.45) is 0 Å². The van der Waals surface area contributed by atoms with Crippen LogP contribution in [0.1, 0.15) is 45.6 Å². The number of aromatic nitrogens is 2. The first kappa shape index (κ1) is 14.7. The fraction of sp³-hybridized carbons (Fsp3) is 0.438. The predicted octanol–water partition coefficient (Wildman–Crippen LogP) is 1.52. The number of rotatable bonds is 4. The lowest BCUT2D eigenvalue weighted by Gasteiger charge is -2.21. The predicted molar refractivity (Wildman–Crippen MR) is 81.4 cm³/mol. The summed E-state index contributed by atoms with van der Waals surface area (Å²) in [4.78, 5) is 16.6. The molecular weight excluding hydrogens is 280 g/mol. The molecule has 0 fully saturated rings. The molecule has 22 heavy (non-hydrogen) atoms. The molecule has 2 aromatic rings. The van der Waals surface area contributed by atoms with Crippen molar-refractivity contribution in [3.8, 4) is 0 Å². The average molecular weight is 300 g/mol. The molecule has 116 valence electrons. The second-order valence-electron chi connectivity index (χ2n) is 5.47. The molecule has 0 saturated heterocycles. The molecule has 0 saturated carbocycles. The van der Waals surface area contributed by atoms with E-state index in [2.05, 4.69) is 20.8 Å². The molecular formula is C16H20N4O2. The Kier molecular flexibility index (Phi) is 4.20. The number of hydrogen-bond donors (Lipinski definition) is 2. The van der Waals surface area contributed by atoms with E-state index in [4.69, 9.17) is 4.52 Å². The van der Waals surface area contributed by atoms with Gasteiger partial charge < -0.3 is 15.2 Å². The largest absolute Gasteiger partial charge is 0.361 e. The van der Waals surface area contributed by atoms with Crippen LogP contribution < -0.4 is 10.6 Å². The Morgan fingerprint density at radius 3 is 3.14 bits per heavy atom. The van der Waals surface area contributed by atoms with Crippen LogP contribution in [0.5, 0.6) is 0 Å². The van der Waals surface area contributed by atoms with Crippen molar-refractivity contribution in [2.45, 2.75) is 39.8 Å². The maximum Gasteiger partial charge on any atom is 0.273 e. The highest BCUT2D eigenvalue weighted by Gasteiger charge is 2.17. The van der Waals surface area contributed by atoms with Gasteiger partial charge in [0.25, 0.3) is 5.91 Å². The van der Waals surface area contributed by atoms with E-state index < -0.39 is 0 Å². The van der Waals surface area contributed by atoms with Crippen LogP contribution in [0.2, 0.25) is 0 Å². The molecule has 6 nitrogen and oxygen atoms in total. The molecule has 2 aromatic heterocycles. The van der Waals surface area contributed by atoms with Crippen LogP contribution in [0, 0.1) is 6.92 Å². The summed E-state index contributed by atoms with van der Waals surface area (Å²) in [7, 11) is 0. The van der Waals surface area contributed by atoms with E-state index >= 15 is 0 Å². The molecule has 6 heteroatoms. The molecule has 0 unspecified atom stereocenters. The number of nitrogens with zero attached hydrogens (tertiary/aromatic N) is 2. The van der Waals surface area contributed by atoms with Crippen LogP contribution >= 0.6 is 0 Å². The van der Waals surface area contributed by atoms with E-state index in [9.17, 15) is 4.79 Å². The molecule has 0 aliphatic carbocycles. The summed E-state index contributed by atoms with van der Waals surface area (Å²) in [6.45, 7) is 6.21. The van der Waals surface area contributed by atoms with Gasteiger partial charge in [0, 0.05) is 37.5 Å². The van der Waals surface area contributed by atoms with Gasteiger partial charge in [0.1, 0.15) is 5.76 Å². The van der Waals surface area contributed by atoms with Gasteiger partial charge in [0.05, 0.1) is 0 Å². The molecule has 0 aromatic carbocycles. The van der Waals surface area contributed by atoms with Crippen molar-refractivity contribution in [3.05, 3.63) is 46.1 Å². The lowest BCUT2D eigenvalue weighted by atomic mass is 9.96. The van der Waals surface area contributed by atoms with Gasteiger partial charge in [0.2, 0.25) is 0 Å². The van der Waals surface area contributed by atoms with Crippen LogP contribution in [-0.2, 0) is 25.9 Å². The van der Waals surface area contributed by atoms with Gasteiger partial charge in [0.15, 0.2) is 5.69 Å². The highest BCUT2D eigenvalue weighted by atomic mass is 16.5. The third kappa shape index (κ3) is 2.87. The first-order valence-corrected chi connectivity index (χ1v) is 7.59. The summed E-state index contributed by atoms with van der Waals surface area (Å²) in [5.74, 6) is 0.501. The van der Waals surface area contributed by atoms with E-state index in [1.165, 1.54) is 11.1 Å². The van der Waals surface area contributed by atoms with Gasteiger partial charge in [-0.1, -0.05) is 12.1 Å².